The Hall–Kier alpha value is -1.65. The summed E-state index contributed by atoms with van der Waals surface area (Å²) in [4.78, 5) is 18.7. The Labute approximate surface area is 130 Å². The lowest BCUT2D eigenvalue weighted by molar-refractivity contribution is 0.0139. The third-order valence-electron chi connectivity index (χ3n) is 3.77. The molecule has 0 atom stereocenters. The number of benzene rings is 1. The molecule has 0 saturated carbocycles. The SMILES string of the molecule is CN1CCC(OC(=O)c2cnc3ccccc3c2)CC1.Cl. The standard InChI is InChI=1S/C16H18N2O2.ClH/c1-18-8-6-14(7-9-18)20-16(19)13-10-12-4-2-3-5-15(12)17-11-13;/h2-5,10-11,14H,6-9H2,1H3;1H. The molecule has 3 rings (SSSR count). The fourth-order valence-corrected chi connectivity index (χ4v) is 2.50. The molecule has 112 valence electrons. The van der Waals surface area contributed by atoms with Gasteiger partial charge in [-0.15, -0.1) is 12.4 Å². The van der Waals surface area contributed by atoms with Crippen molar-refractivity contribution in [2.45, 2.75) is 18.9 Å². The van der Waals surface area contributed by atoms with Crippen LogP contribution in [0.2, 0.25) is 0 Å². The lowest BCUT2D eigenvalue weighted by atomic mass is 10.1. The fraction of sp³-hybridized carbons (Fsp3) is 0.375. The van der Waals surface area contributed by atoms with E-state index in [0.29, 0.717) is 5.56 Å². The fourth-order valence-electron chi connectivity index (χ4n) is 2.50. The van der Waals surface area contributed by atoms with Crippen molar-refractivity contribution in [2.24, 2.45) is 0 Å². The molecule has 1 aromatic heterocycles. The molecule has 1 aliphatic rings. The molecule has 1 fully saturated rings. The first-order valence-electron chi connectivity index (χ1n) is 6.97. The third-order valence-corrected chi connectivity index (χ3v) is 3.77. The van der Waals surface area contributed by atoms with Gasteiger partial charge in [-0.1, -0.05) is 18.2 Å². The van der Waals surface area contributed by atoms with Crippen molar-refractivity contribution >= 4 is 29.3 Å². The lowest BCUT2D eigenvalue weighted by Gasteiger charge is -2.28. The van der Waals surface area contributed by atoms with Gasteiger partial charge in [0.1, 0.15) is 6.10 Å². The first kappa shape index (κ1) is 15.7. The summed E-state index contributed by atoms with van der Waals surface area (Å²) in [6, 6.07) is 9.61. The molecule has 4 nitrogen and oxygen atoms in total. The van der Waals surface area contributed by atoms with Crippen LogP contribution in [0.4, 0.5) is 0 Å². The highest BCUT2D eigenvalue weighted by atomic mass is 35.5. The minimum Gasteiger partial charge on any atom is -0.459 e. The maximum atomic E-state index is 12.2. The molecule has 0 bridgehead atoms. The van der Waals surface area contributed by atoms with Crippen molar-refractivity contribution in [3.8, 4) is 0 Å². The molecule has 0 unspecified atom stereocenters. The van der Waals surface area contributed by atoms with E-state index in [1.165, 1.54) is 0 Å². The van der Waals surface area contributed by atoms with Gasteiger partial charge >= 0.3 is 5.97 Å². The van der Waals surface area contributed by atoms with Gasteiger partial charge < -0.3 is 9.64 Å². The molecule has 0 N–H and O–H groups in total. The molecule has 1 aromatic carbocycles. The number of carbonyl (C=O) groups excluding carboxylic acids is 1. The van der Waals surface area contributed by atoms with Crippen LogP contribution in [-0.4, -0.2) is 42.1 Å². The largest absolute Gasteiger partial charge is 0.459 e. The number of piperidine rings is 1. The maximum absolute atomic E-state index is 12.2. The van der Waals surface area contributed by atoms with E-state index in [2.05, 4.69) is 16.9 Å². The monoisotopic (exact) mass is 306 g/mol. The lowest BCUT2D eigenvalue weighted by Crippen LogP contribution is -2.35. The molecule has 0 radical (unpaired) electrons. The maximum Gasteiger partial charge on any atom is 0.339 e. The number of likely N-dealkylation sites (tertiary alicyclic amines) is 1. The smallest absolute Gasteiger partial charge is 0.339 e. The van der Waals surface area contributed by atoms with Crippen molar-refractivity contribution in [3.63, 3.8) is 0 Å². The number of fused-ring (bicyclic) bond motifs is 1. The first-order valence-corrected chi connectivity index (χ1v) is 6.97. The number of rotatable bonds is 2. The normalized spacial score (nSPS) is 16.4. The zero-order valence-corrected chi connectivity index (χ0v) is 12.8. The second-order valence-corrected chi connectivity index (χ2v) is 5.32. The Morgan fingerprint density at radius 3 is 2.76 bits per heavy atom. The van der Waals surface area contributed by atoms with E-state index in [-0.39, 0.29) is 24.5 Å². The third kappa shape index (κ3) is 3.71. The highest BCUT2D eigenvalue weighted by Crippen LogP contribution is 2.17. The van der Waals surface area contributed by atoms with E-state index in [9.17, 15) is 4.79 Å². The summed E-state index contributed by atoms with van der Waals surface area (Å²) in [7, 11) is 2.09. The summed E-state index contributed by atoms with van der Waals surface area (Å²) in [5.74, 6) is -0.266. The Morgan fingerprint density at radius 2 is 2.00 bits per heavy atom. The first-order chi connectivity index (χ1) is 9.72. The van der Waals surface area contributed by atoms with Crippen molar-refractivity contribution in [3.05, 3.63) is 42.1 Å². The van der Waals surface area contributed by atoms with Crippen LogP contribution in [-0.2, 0) is 4.74 Å². The molecule has 1 aliphatic heterocycles. The Morgan fingerprint density at radius 1 is 1.29 bits per heavy atom. The zero-order chi connectivity index (χ0) is 13.9. The van der Waals surface area contributed by atoms with Crippen molar-refractivity contribution in [1.82, 2.24) is 9.88 Å². The van der Waals surface area contributed by atoms with E-state index < -0.39 is 0 Å². The summed E-state index contributed by atoms with van der Waals surface area (Å²) in [6.45, 7) is 1.96. The van der Waals surface area contributed by atoms with E-state index in [1.807, 2.05) is 30.3 Å². The average Bonchev–Trinajstić information content (AvgIpc) is 2.49. The van der Waals surface area contributed by atoms with E-state index >= 15 is 0 Å². The molecule has 5 heteroatoms. The van der Waals surface area contributed by atoms with Crippen LogP contribution in [0, 0.1) is 0 Å². The molecule has 2 heterocycles. The number of halogens is 1. The summed E-state index contributed by atoms with van der Waals surface area (Å²) in [5.41, 5.74) is 1.42. The van der Waals surface area contributed by atoms with Crippen LogP contribution in [0.1, 0.15) is 23.2 Å². The molecule has 0 amide bonds. The van der Waals surface area contributed by atoms with Crippen molar-refractivity contribution < 1.29 is 9.53 Å². The predicted octanol–water partition coefficient (Wildman–Crippen LogP) is 2.91. The number of hydrogen-bond donors (Lipinski definition) is 0. The second-order valence-electron chi connectivity index (χ2n) is 5.32. The number of pyridine rings is 1. The van der Waals surface area contributed by atoms with Crippen LogP contribution in [0.5, 0.6) is 0 Å². The molecule has 21 heavy (non-hydrogen) atoms. The van der Waals surface area contributed by atoms with Crippen molar-refractivity contribution in [1.29, 1.82) is 0 Å². The summed E-state index contributed by atoms with van der Waals surface area (Å²) in [5, 5.41) is 0.963. The minimum atomic E-state index is -0.266. The van der Waals surface area contributed by atoms with Crippen LogP contribution >= 0.6 is 12.4 Å². The average molecular weight is 307 g/mol. The number of esters is 1. The Bertz CT molecular complexity index is 624. The van der Waals surface area contributed by atoms with E-state index in [1.54, 1.807) is 6.20 Å². The predicted molar refractivity (Wildman–Crippen MR) is 84.9 cm³/mol. The Kier molecular flexibility index (Phi) is 5.15. The van der Waals surface area contributed by atoms with Gasteiger partial charge in [0.05, 0.1) is 11.1 Å². The summed E-state index contributed by atoms with van der Waals surface area (Å²) >= 11 is 0. The Balaban J connectivity index is 0.00000161. The number of para-hydroxylation sites is 1. The topological polar surface area (TPSA) is 42.4 Å². The molecule has 1 saturated heterocycles. The van der Waals surface area contributed by atoms with Gasteiger partial charge in [0, 0.05) is 24.7 Å². The van der Waals surface area contributed by atoms with Gasteiger partial charge in [0.25, 0.3) is 0 Å². The molecule has 0 spiro atoms. The highest BCUT2D eigenvalue weighted by Gasteiger charge is 2.21. The number of carbonyl (C=O) groups is 1. The van der Waals surface area contributed by atoms with Crippen LogP contribution in [0.25, 0.3) is 10.9 Å². The van der Waals surface area contributed by atoms with Gasteiger partial charge in [-0.2, -0.15) is 0 Å². The molecular formula is C16H19ClN2O2. The van der Waals surface area contributed by atoms with Crippen molar-refractivity contribution in [2.75, 3.05) is 20.1 Å². The van der Waals surface area contributed by atoms with Gasteiger partial charge in [-0.05, 0) is 32.0 Å². The van der Waals surface area contributed by atoms with Crippen LogP contribution in [0.15, 0.2) is 36.5 Å². The van der Waals surface area contributed by atoms with E-state index in [0.717, 1.165) is 36.8 Å². The summed E-state index contributed by atoms with van der Waals surface area (Å²) in [6.07, 6.45) is 3.44. The zero-order valence-electron chi connectivity index (χ0n) is 12.0. The van der Waals surface area contributed by atoms with Gasteiger partial charge in [0.15, 0.2) is 0 Å². The number of nitrogens with zero attached hydrogens (tertiary/aromatic N) is 2. The summed E-state index contributed by atoms with van der Waals surface area (Å²) < 4.78 is 5.57. The van der Waals surface area contributed by atoms with Gasteiger partial charge in [-0.3, -0.25) is 4.98 Å². The molecule has 2 aromatic rings. The molecular weight excluding hydrogens is 288 g/mol. The minimum absolute atomic E-state index is 0. The quantitative estimate of drug-likeness (QED) is 0.800. The van der Waals surface area contributed by atoms with Gasteiger partial charge in [0.2, 0.25) is 0 Å². The van der Waals surface area contributed by atoms with Crippen LogP contribution < -0.4 is 0 Å². The highest BCUT2D eigenvalue weighted by molar-refractivity contribution is 5.93. The van der Waals surface area contributed by atoms with Gasteiger partial charge in [-0.25, -0.2) is 4.79 Å². The number of hydrogen-bond acceptors (Lipinski definition) is 4. The number of ether oxygens (including phenoxy) is 1. The molecule has 0 aliphatic carbocycles. The van der Waals surface area contributed by atoms with E-state index in [4.69, 9.17) is 4.74 Å². The van der Waals surface area contributed by atoms with Crippen LogP contribution in [0.3, 0.4) is 0 Å². The second kappa shape index (κ2) is 6.87. The number of aromatic nitrogens is 1.